The minimum absolute atomic E-state index is 0.906. The molecule has 1 heteroatoms. The molecule has 0 N–H and O–H groups in total. The molecule has 3 aromatic carbocycles. The van der Waals surface area contributed by atoms with Crippen LogP contribution in [0.2, 0.25) is 0 Å². The van der Waals surface area contributed by atoms with E-state index in [4.69, 9.17) is 4.99 Å². The SMILES string of the molecule is C=C/C(N=C(C)c1cccc(C(/C=C\c2ccccccc(C(=C)c3cccc(C)c3)cc2)=C/C)c1)=C(\C=C/C)CC. The molecule has 3 rings (SSSR count). The number of benzene rings is 2. The summed E-state index contributed by atoms with van der Waals surface area (Å²) in [6.45, 7) is 18.8. The van der Waals surface area contributed by atoms with Gasteiger partial charge in [0.15, 0.2) is 0 Å². The monoisotopic (exact) mass is 549 g/mol. The lowest BCUT2D eigenvalue weighted by atomic mass is 9.98. The van der Waals surface area contributed by atoms with Gasteiger partial charge in [0.2, 0.25) is 0 Å². The first kappa shape index (κ1) is 31.8. The average Bonchev–Trinajstić information content (AvgIpc) is 3.01. The zero-order valence-electron chi connectivity index (χ0n) is 25.8. The second-order valence-electron chi connectivity index (χ2n) is 10.1. The largest absolute Gasteiger partial charge is 0.253 e. The molecule has 0 aliphatic heterocycles. The van der Waals surface area contributed by atoms with Crippen molar-refractivity contribution in [3.8, 4) is 0 Å². The number of hydrogen-bond acceptors (Lipinski definition) is 1. The van der Waals surface area contributed by atoms with Crippen LogP contribution in [0.3, 0.4) is 0 Å². The molecular formula is C41H43N. The Labute approximate surface area is 253 Å². The first-order valence-electron chi connectivity index (χ1n) is 14.6. The highest BCUT2D eigenvalue weighted by atomic mass is 14.8. The van der Waals surface area contributed by atoms with Crippen LogP contribution in [0, 0.1) is 6.92 Å². The van der Waals surface area contributed by atoms with Crippen molar-refractivity contribution < 1.29 is 0 Å². The lowest BCUT2D eigenvalue weighted by Gasteiger charge is -2.08. The van der Waals surface area contributed by atoms with Gasteiger partial charge in [0.05, 0.1) is 5.70 Å². The van der Waals surface area contributed by atoms with E-state index in [9.17, 15) is 0 Å². The quantitative estimate of drug-likeness (QED) is 0.176. The van der Waals surface area contributed by atoms with Crippen LogP contribution < -0.4 is 0 Å². The summed E-state index contributed by atoms with van der Waals surface area (Å²) >= 11 is 0. The van der Waals surface area contributed by atoms with Crippen LogP contribution >= 0.6 is 0 Å². The zero-order chi connectivity index (χ0) is 30.3. The van der Waals surface area contributed by atoms with Gasteiger partial charge in [0.1, 0.15) is 0 Å². The third-order valence-electron chi connectivity index (χ3n) is 7.01. The highest BCUT2D eigenvalue weighted by Crippen LogP contribution is 2.23. The molecule has 3 aromatic rings. The van der Waals surface area contributed by atoms with Gasteiger partial charge < -0.3 is 0 Å². The Balaban J connectivity index is 1.95. The minimum atomic E-state index is 0.906. The second-order valence-corrected chi connectivity index (χ2v) is 10.1. The molecule has 42 heavy (non-hydrogen) atoms. The standard InChI is InChI=1S/C41H43N/c1-8-18-36(10-3)41(11-4)42-33(7)39-23-17-24-40(30-39)35(9-2)27-25-34-20-14-12-13-15-21-37(28-26-34)32(6)38-22-16-19-31(5)29-38/h8-9,11-30H,4,6,10H2,1-3,5,7H3/b13-12?,14-12?,15-13?,18-8-,20-14?,21-15?,27-25-,28-26?,34-20?,34-26?,35-9+,37-21?,37-28?,41-36+,42-33?. The van der Waals surface area contributed by atoms with E-state index in [-0.39, 0.29) is 0 Å². The molecule has 0 unspecified atom stereocenters. The summed E-state index contributed by atoms with van der Waals surface area (Å²) in [5.74, 6) is 0. The number of rotatable bonds is 10. The molecule has 0 radical (unpaired) electrons. The lowest BCUT2D eigenvalue weighted by molar-refractivity contribution is 1.11. The van der Waals surface area contributed by atoms with E-state index in [1.165, 1.54) is 11.1 Å². The van der Waals surface area contributed by atoms with Crippen LogP contribution in [-0.2, 0) is 0 Å². The maximum atomic E-state index is 4.93. The van der Waals surface area contributed by atoms with E-state index in [2.05, 4.69) is 150 Å². The van der Waals surface area contributed by atoms with Crippen molar-refractivity contribution in [1.82, 2.24) is 0 Å². The summed E-state index contributed by atoms with van der Waals surface area (Å²) in [6, 6.07) is 33.8. The zero-order valence-corrected chi connectivity index (χ0v) is 25.8. The molecule has 0 spiro atoms. The predicted octanol–water partition coefficient (Wildman–Crippen LogP) is 11.5. The van der Waals surface area contributed by atoms with Gasteiger partial charge in [-0.05, 0) is 90.8 Å². The fourth-order valence-electron chi connectivity index (χ4n) is 4.61. The lowest BCUT2D eigenvalue weighted by Crippen LogP contribution is -1.97. The average molecular weight is 550 g/mol. The van der Waals surface area contributed by atoms with Gasteiger partial charge in [-0.2, -0.15) is 0 Å². The van der Waals surface area contributed by atoms with Gasteiger partial charge in [-0.15, -0.1) is 0 Å². The fraction of sp³-hybridized carbons (Fsp3) is 0.146. The van der Waals surface area contributed by atoms with Crippen LogP contribution in [0.25, 0.3) is 17.2 Å². The van der Waals surface area contributed by atoms with Crippen molar-refractivity contribution in [3.05, 3.63) is 185 Å². The van der Waals surface area contributed by atoms with Gasteiger partial charge >= 0.3 is 0 Å². The molecule has 0 bridgehead atoms. The summed E-state index contributed by atoms with van der Waals surface area (Å²) in [4.78, 5) is 4.93. The summed E-state index contributed by atoms with van der Waals surface area (Å²) < 4.78 is 0. The molecule has 0 saturated carbocycles. The van der Waals surface area contributed by atoms with E-state index in [1.54, 1.807) is 0 Å². The highest BCUT2D eigenvalue weighted by Gasteiger charge is 2.05. The van der Waals surface area contributed by atoms with Crippen molar-refractivity contribution in [1.29, 1.82) is 0 Å². The maximum absolute atomic E-state index is 4.93. The van der Waals surface area contributed by atoms with Crippen LogP contribution in [0.1, 0.15) is 67.5 Å². The van der Waals surface area contributed by atoms with Crippen LogP contribution in [0.15, 0.2) is 157 Å². The van der Waals surface area contributed by atoms with E-state index in [0.29, 0.717) is 0 Å². The molecule has 0 saturated heterocycles. The molecule has 0 aliphatic rings. The Bertz CT molecular complexity index is 1620. The number of allylic oxidation sites excluding steroid dienone is 7. The molecule has 1 nitrogen and oxygen atoms in total. The molecular weight excluding hydrogens is 506 g/mol. The van der Waals surface area contributed by atoms with Gasteiger partial charge in [0, 0.05) is 5.71 Å². The summed E-state index contributed by atoms with van der Waals surface area (Å²) in [6.07, 6.45) is 13.4. The molecule has 0 aromatic heterocycles. The van der Waals surface area contributed by atoms with Crippen molar-refractivity contribution >= 4 is 22.9 Å². The number of nitrogens with zero attached hydrogens (tertiary/aromatic N) is 1. The summed E-state index contributed by atoms with van der Waals surface area (Å²) in [5, 5.41) is 0. The van der Waals surface area contributed by atoms with Crippen LogP contribution in [0.4, 0.5) is 0 Å². The topological polar surface area (TPSA) is 12.4 Å². The molecule has 0 heterocycles. The van der Waals surface area contributed by atoms with Crippen molar-refractivity contribution in [3.63, 3.8) is 0 Å². The normalized spacial score (nSPS) is 12.7. The third-order valence-corrected chi connectivity index (χ3v) is 7.01. The molecule has 212 valence electrons. The molecule has 0 amide bonds. The number of hydrogen-bond donors (Lipinski definition) is 0. The fourth-order valence-corrected chi connectivity index (χ4v) is 4.61. The third kappa shape index (κ3) is 9.14. The Morgan fingerprint density at radius 3 is 2.14 bits per heavy atom. The molecule has 0 fully saturated rings. The van der Waals surface area contributed by atoms with Crippen molar-refractivity contribution in [2.75, 3.05) is 0 Å². The number of aryl methyl sites for hydroxylation is 1. The van der Waals surface area contributed by atoms with Crippen molar-refractivity contribution in [2.24, 2.45) is 4.99 Å². The molecule has 0 aliphatic carbocycles. The van der Waals surface area contributed by atoms with Gasteiger partial charge in [0.25, 0.3) is 0 Å². The Morgan fingerprint density at radius 2 is 1.45 bits per heavy atom. The Kier molecular flexibility index (Phi) is 12.5. The minimum Gasteiger partial charge on any atom is -0.253 e. The molecule has 0 atom stereocenters. The van der Waals surface area contributed by atoms with E-state index >= 15 is 0 Å². The van der Waals surface area contributed by atoms with Crippen molar-refractivity contribution in [2.45, 2.75) is 41.0 Å². The summed E-state index contributed by atoms with van der Waals surface area (Å²) in [7, 11) is 0. The highest BCUT2D eigenvalue weighted by molar-refractivity contribution is 6.00. The van der Waals surface area contributed by atoms with E-state index in [0.717, 1.165) is 56.8 Å². The van der Waals surface area contributed by atoms with Crippen LogP contribution in [-0.4, -0.2) is 5.71 Å². The first-order chi connectivity index (χ1) is 20.4. The van der Waals surface area contributed by atoms with Crippen LogP contribution in [0.5, 0.6) is 0 Å². The summed E-state index contributed by atoms with van der Waals surface area (Å²) in [5.41, 5.74) is 12.0. The predicted molar refractivity (Wildman–Crippen MR) is 187 cm³/mol. The maximum Gasteiger partial charge on any atom is 0.0658 e. The first-order valence-corrected chi connectivity index (χ1v) is 14.6. The Hall–Kier alpha value is -4.75. The Morgan fingerprint density at radius 1 is 0.762 bits per heavy atom. The second kappa shape index (κ2) is 16.5. The van der Waals surface area contributed by atoms with Gasteiger partial charge in [-0.1, -0.05) is 147 Å². The van der Waals surface area contributed by atoms with E-state index < -0.39 is 0 Å². The smallest absolute Gasteiger partial charge is 0.0658 e. The van der Waals surface area contributed by atoms with E-state index in [1.807, 2.05) is 31.2 Å². The van der Waals surface area contributed by atoms with Gasteiger partial charge in [-0.25, -0.2) is 0 Å². The van der Waals surface area contributed by atoms with Gasteiger partial charge in [-0.3, -0.25) is 4.99 Å². The number of aliphatic imine (C=N–C) groups is 1.